The largest absolute Gasteiger partial charge is 0.473 e. The van der Waals surface area contributed by atoms with Crippen molar-refractivity contribution in [1.82, 2.24) is 0 Å². The zero-order valence-corrected chi connectivity index (χ0v) is 8.27. The van der Waals surface area contributed by atoms with Crippen molar-refractivity contribution >= 4 is 44.9 Å². The van der Waals surface area contributed by atoms with Gasteiger partial charge in [0.15, 0.2) is 0 Å². The van der Waals surface area contributed by atoms with E-state index in [0.29, 0.717) is 0 Å². The molecule has 0 atom stereocenters. The quantitative estimate of drug-likeness (QED) is 0.535. The van der Waals surface area contributed by atoms with Gasteiger partial charge in [0.25, 0.3) is 0 Å². The normalized spacial score (nSPS) is 18.4. The molecule has 0 saturated carbocycles. The van der Waals surface area contributed by atoms with Gasteiger partial charge in [0.2, 0.25) is 5.44 Å². The van der Waals surface area contributed by atoms with Crippen LogP contribution in [-0.2, 0) is 4.74 Å². The minimum atomic E-state index is 0.783. The Morgan fingerprint density at radius 3 is 2.60 bits per heavy atom. The van der Waals surface area contributed by atoms with Crippen LogP contribution in [0, 0.1) is 5.44 Å². The molecule has 0 unspecified atom stereocenters. The van der Waals surface area contributed by atoms with Gasteiger partial charge in [-0.1, -0.05) is 10.8 Å². The lowest BCUT2D eigenvalue weighted by molar-refractivity contribution is 0.334. The summed E-state index contributed by atoms with van der Waals surface area (Å²) in [7, 11) is 2.63. The molecule has 1 radical (unpaired) electrons. The van der Waals surface area contributed by atoms with Gasteiger partial charge in [-0.3, -0.25) is 0 Å². The van der Waals surface area contributed by atoms with Crippen molar-refractivity contribution in [3.8, 4) is 0 Å². The molecule has 55 valence electrons. The number of ether oxygens (including phenoxy) is 1. The fourth-order valence-corrected chi connectivity index (χ4v) is 2.48. The highest BCUT2D eigenvalue weighted by Crippen LogP contribution is 2.40. The molecule has 1 aliphatic heterocycles. The summed E-state index contributed by atoms with van der Waals surface area (Å²) in [6.45, 7) is 0. The third-order valence-electron chi connectivity index (χ3n) is 0.884. The molecule has 0 amide bonds. The monoisotopic (exact) mass is 209 g/mol. The lowest BCUT2D eigenvalue weighted by Crippen LogP contribution is -1.96. The molecule has 5 heteroatoms. The highest BCUT2D eigenvalue weighted by atomic mass is 33.1. The van der Waals surface area contributed by atoms with Crippen LogP contribution in [0.3, 0.4) is 0 Å². The van der Waals surface area contributed by atoms with E-state index in [0.717, 1.165) is 10.3 Å². The van der Waals surface area contributed by atoms with Crippen LogP contribution in [0.1, 0.15) is 0 Å². The van der Waals surface area contributed by atoms with Crippen LogP contribution < -0.4 is 0 Å². The van der Waals surface area contributed by atoms with Gasteiger partial charge in [0.1, 0.15) is 0 Å². The summed E-state index contributed by atoms with van der Waals surface area (Å²) in [5.74, 6) is 0. The molecule has 1 nitrogen and oxygen atoms in total. The van der Waals surface area contributed by atoms with Gasteiger partial charge >= 0.3 is 0 Å². The second-order valence-corrected chi connectivity index (χ2v) is 3.72. The summed E-state index contributed by atoms with van der Waals surface area (Å²) >= 11 is 8.05. The molecular formula is C5H5OS4. The minimum Gasteiger partial charge on any atom is -0.473 e. The van der Waals surface area contributed by atoms with E-state index in [9.17, 15) is 0 Å². The smallest absolute Gasteiger partial charge is 0.249 e. The second-order valence-electron chi connectivity index (χ2n) is 1.45. The van der Waals surface area contributed by atoms with Crippen LogP contribution in [0.5, 0.6) is 0 Å². The second kappa shape index (κ2) is 4.54. The fraction of sp³-hybridized carbons (Fsp3) is 0. The molecular weight excluding hydrogens is 204 g/mol. The Morgan fingerprint density at radius 2 is 2.10 bits per heavy atom. The number of hydrogen-bond acceptors (Lipinski definition) is 5. The first-order valence-corrected chi connectivity index (χ1v) is 6.16. The van der Waals surface area contributed by atoms with Gasteiger partial charge in [0.05, 0.1) is 11.2 Å². The van der Waals surface area contributed by atoms with E-state index < -0.39 is 0 Å². The van der Waals surface area contributed by atoms with Crippen molar-refractivity contribution in [2.75, 3.05) is 0 Å². The molecule has 0 aromatic carbocycles. The van der Waals surface area contributed by atoms with Crippen molar-refractivity contribution in [3.05, 3.63) is 28.8 Å². The molecule has 0 aromatic heterocycles. The fourth-order valence-electron chi connectivity index (χ4n) is 0.488. The topological polar surface area (TPSA) is 9.23 Å². The van der Waals surface area contributed by atoms with E-state index in [1.807, 2.05) is 12.2 Å². The van der Waals surface area contributed by atoms with Crippen molar-refractivity contribution in [2.45, 2.75) is 0 Å². The maximum Gasteiger partial charge on any atom is 0.249 e. The van der Waals surface area contributed by atoms with Crippen LogP contribution in [0.4, 0.5) is 0 Å². The van der Waals surface area contributed by atoms with E-state index in [1.165, 1.54) is 21.6 Å². The van der Waals surface area contributed by atoms with E-state index in [4.69, 9.17) is 4.74 Å². The summed E-state index contributed by atoms with van der Waals surface area (Å²) in [5.41, 5.74) is 0.783. The van der Waals surface area contributed by atoms with Crippen molar-refractivity contribution in [1.29, 1.82) is 0 Å². The Kier molecular flexibility index (Phi) is 3.98. The molecule has 0 aliphatic carbocycles. The van der Waals surface area contributed by atoms with Crippen LogP contribution in [0.25, 0.3) is 0 Å². The molecule has 1 aliphatic rings. The van der Waals surface area contributed by atoms with Gasteiger partial charge in [-0.15, -0.1) is 23.3 Å². The lowest BCUT2D eigenvalue weighted by Gasteiger charge is -2.14. The SMILES string of the molecule is SS[C]1OC=CC=C1SS. The zero-order chi connectivity index (χ0) is 7.40. The highest BCUT2D eigenvalue weighted by molar-refractivity contribution is 8.72. The van der Waals surface area contributed by atoms with E-state index in [1.54, 1.807) is 6.26 Å². The van der Waals surface area contributed by atoms with Crippen molar-refractivity contribution in [2.24, 2.45) is 0 Å². The zero-order valence-electron chi connectivity index (χ0n) is 4.85. The van der Waals surface area contributed by atoms with Crippen LogP contribution in [0.15, 0.2) is 23.3 Å². The van der Waals surface area contributed by atoms with Gasteiger partial charge < -0.3 is 4.74 Å². The molecule has 0 bridgehead atoms. The molecule has 0 saturated heterocycles. The predicted octanol–water partition coefficient (Wildman–Crippen LogP) is 3.06. The molecule has 10 heavy (non-hydrogen) atoms. The summed E-state index contributed by atoms with van der Waals surface area (Å²) in [6.07, 6.45) is 5.37. The maximum atomic E-state index is 5.12. The van der Waals surface area contributed by atoms with Gasteiger partial charge in [-0.05, 0) is 22.9 Å². The first-order valence-electron chi connectivity index (χ1n) is 2.42. The van der Waals surface area contributed by atoms with Crippen molar-refractivity contribution < 1.29 is 4.74 Å². The van der Waals surface area contributed by atoms with Crippen LogP contribution in [-0.4, -0.2) is 0 Å². The Hall–Kier alpha value is 0.680. The summed E-state index contributed by atoms with van der Waals surface area (Å²) < 4.78 is 5.12. The molecule has 0 aromatic rings. The number of allylic oxidation sites excluding steroid dienone is 2. The number of thiol groups is 2. The van der Waals surface area contributed by atoms with Gasteiger partial charge in [-0.25, -0.2) is 0 Å². The van der Waals surface area contributed by atoms with Gasteiger partial charge in [0, 0.05) is 0 Å². The summed E-state index contributed by atoms with van der Waals surface area (Å²) in [6, 6.07) is 0. The third kappa shape index (κ3) is 2.08. The van der Waals surface area contributed by atoms with E-state index >= 15 is 0 Å². The minimum absolute atomic E-state index is 0.783. The molecule has 1 rings (SSSR count). The average Bonchev–Trinajstić information content (AvgIpc) is 2.04. The third-order valence-corrected chi connectivity index (χ3v) is 3.10. The average molecular weight is 209 g/mol. The lowest BCUT2D eigenvalue weighted by atomic mass is 10.4. The standard InChI is InChI=1S/C5H5OS4/c7-9-4-2-1-3-6-5(4)10-8/h1-3,7-8H. The van der Waals surface area contributed by atoms with E-state index in [2.05, 4.69) is 23.3 Å². The predicted molar refractivity (Wildman–Crippen MR) is 54.7 cm³/mol. The first kappa shape index (κ1) is 8.77. The van der Waals surface area contributed by atoms with Crippen molar-refractivity contribution in [3.63, 3.8) is 0 Å². The van der Waals surface area contributed by atoms with Gasteiger partial charge in [-0.2, -0.15) is 0 Å². The van der Waals surface area contributed by atoms with Crippen LogP contribution >= 0.6 is 44.9 Å². The maximum absolute atomic E-state index is 5.12. The Bertz CT molecular complexity index is 165. The van der Waals surface area contributed by atoms with E-state index in [-0.39, 0.29) is 0 Å². The summed E-state index contributed by atoms with van der Waals surface area (Å²) in [4.78, 5) is 0.992. The molecule has 0 N–H and O–H groups in total. The first-order chi connectivity index (χ1) is 4.88. The molecule has 1 heterocycles. The Morgan fingerprint density at radius 1 is 1.30 bits per heavy atom. The molecule has 0 fully saturated rings. The Balaban J connectivity index is 2.61. The highest BCUT2D eigenvalue weighted by Gasteiger charge is 2.17. The number of hydrogen-bond donors (Lipinski definition) is 2. The summed E-state index contributed by atoms with van der Waals surface area (Å²) in [5, 5.41) is 0. The number of rotatable bonds is 2. The van der Waals surface area contributed by atoms with Crippen LogP contribution in [0.2, 0.25) is 0 Å². The molecule has 0 spiro atoms. The Labute approximate surface area is 78.3 Å².